The maximum Gasteiger partial charge on any atom is 0.417 e. The van der Waals surface area contributed by atoms with Crippen LogP contribution in [0.2, 0.25) is 0 Å². The van der Waals surface area contributed by atoms with Gasteiger partial charge in [-0.15, -0.1) is 0 Å². The molecule has 148 valence electrons. The van der Waals surface area contributed by atoms with Gasteiger partial charge in [-0.3, -0.25) is 4.98 Å². The van der Waals surface area contributed by atoms with Crippen molar-refractivity contribution in [1.82, 2.24) is 4.98 Å². The molecule has 27 heavy (non-hydrogen) atoms. The minimum atomic E-state index is -4.53. The number of benzene rings is 1. The minimum absolute atomic E-state index is 0.0142. The van der Waals surface area contributed by atoms with Gasteiger partial charge in [-0.05, 0) is 67.2 Å². The van der Waals surface area contributed by atoms with Crippen LogP contribution in [-0.4, -0.2) is 21.3 Å². The molecule has 0 saturated heterocycles. The molecule has 0 bridgehead atoms. The van der Waals surface area contributed by atoms with E-state index in [4.69, 9.17) is 0 Å². The summed E-state index contributed by atoms with van der Waals surface area (Å²) in [6.07, 6.45) is -2.36. The fraction of sp³-hybridized carbons (Fsp3) is 0.571. The first-order valence-electron chi connectivity index (χ1n) is 9.33. The Morgan fingerprint density at radius 3 is 2.44 bits per heavy atom. The summed E-state index contributed by atoms with van der Waals surface area (Å²) in [5.74, 6) is 0.176. The highest BCUT2D eigenvalue weighted by molar-refractivity contribution is 5.84. The summed E-state index contributed by atoms with van der Waals surface area (Å²) in [5, 5.41) is 19.6. The highest BCUT2D eigenvalue weighted by Gasteiger charge is 2.38. The van der Waals surface area contributed by atoms with Gasteiger partial charge < -0.3 is 10.2 Å². The maximum atomic E-state index is 13.6. The molecule has 3 nitrogen and oxygen atoms in total. The van der Waals surface area contributed by atoms with Crippen molar-refractivity contribution in [2.45, 2.75) is 58.7 Å². The number of halogens is 3. The van der Waals surface area contributed by atoms with E-state index in [0.29, 0.717) is 24.5 Å². The number of nitrogens with zero attached hydrogens (tertiary/aromatic N) is 1. The van der Waals surface area contributed by atoms with Crippen LogP contribution in [0.1, 0.15) is 51.3 Å². The molecule has 2 aromatic rings. The van der Waals surface area contributed by atoms with Gasteiger partial charge in [0, 0.05) is 11.1 Å². The van der Waals surface area contributed by atoms with Crippen molar-refractivity contribution in [3.63, 3.8) is 0 Å². The van der Waals surface area contributed by atoms with Gasteiger partial charge in [-0.1, -0.05) is 20.8 Å². The van der Waals surface area contributed by atoms with Gasteiger partial charge >= 0.3 is 6.18 Å². The Morgan fingerprint density at radius 2 is 1.81 bits per heavy atom. The zero-order valence-electron chi connectivity index (χ0n) is 15.8. The summed E-state index contributed by atoms with van der Waals surface area (Å²) < 4.78 is 40.8. The monoisotopic (exact) mass is 381 g/mol. The minimum Gasteiger partial charge on any atom is -0.508 e. The van der Waals surface area contributed by atoms with Crippen molar-refractivity contribution < 1.29 is 23.4 Å². The first-order chi connectivity index (χ1) is 12.4. The van der Waals surface area contributed by atoms with Crippen LogP contribution >= 0.6 is 0 Å². The van der Waals surface area contributed by atoms with E-state index in [2.05, 4.69) is 25.8 Å². The lowest BCUT2D eigenvalue weighted by Crippen LogP contribution is -2.37. The second-order valence-electron chi connectivity index (χ2n) is 8.76. The molecule has 2 N–H and O–H groups in total. The second-order valence-corrected chi connectivity index (χ2v) is 8.76. The molecule has 3 atom stereocenters. The van der Waals surface area contributed by atoms with Crippen LogP contribution in [0.3, 0.4) is 0 Å². The van der Waals surface area contributed by atoms with E-state index in [9.17, 15) is 23.4 Å². The third-order valence-electron chi connectivity index (χ3n) is 5.69. The van der Waals surface area contributed by atoms with E-state index in [0.717, 1.165) is 25.0 Å². The number of fused-ring (bicyclic) bond motifs is 1. The van der Waals surface area contributed by atoms with Crippen LogP contribution in [-0.2, 0) is 12.6 Å². The van der Waals surface area contributed by atoms with E-state index in [1.807, 2.05) is 0 Å². The summed E-state index contributed by atoms with van der Waals surface area (Å²) in [4.78, 5) is 4.43. The van der Waals surface area contributed by atoms with Gasteiger partial charge in [0.05, 0.1) is 17.2 Å². The van der Waals surface area contributed by atoms with Gasteiger partial charge in [0.25, 0.3) is 0 Å². The quantitative estimate of drug-likeness (QED) is 0.740. The molecule has 1 fully saturated rings. The van der Waals surface area contributed by atoms with E-state index < -0.39 is 17.8 Å². The third-order valence-corrected chi connectivity index (χ3v) is 5.69. The molecule has 0 amide bonds. The number of rotatable bonds is 2. The number of phenolic OH excluding ortho intramolecular Hbond substituents is 1. The summed E-state index contributed by atoms with van der Waals surface area (Å²) >= 11 is 0. The smallest absolute Gasteiger partial charge is 0.417 e. The molecule has 1 saturated carbocycles. The van der Waals surface area contributed by atoms with Gasteiger partial charge in [-0.2, -0.15) is 13.2 Å². The standard InChI is InChI=1S/C21H26F3NO2/c1-20(2,3)17-6-4-14(26)9-12(17)8-13-10-18(21(22,23)24)16-11-15(27)5-7-19(16)25-13/h5,7,10-12,14,17,26-27H,4,6,8-9H2,1-3H3/t12?,14-,17+/m0/s1. The molecule has 1 aliphatic rings. The maximum absolute atomic E-state index is 13.6. The van der Waals surface area contributed by atoms with E-state index in [1.54, 1.807) is 0 Å². The molecule has 1 aliphatic carbocycles. The van der Waals surface area contributed by atoms with Crippen LogP contribution in [0.5, 0.6) is 5.75 Å². The number of hydrogen-bond acceptors (Lipinski definition) is 3. The first kappa shape index (κ1) is 19.9. The van der Waals surface area contributed by atoms with Crippen LogP contribution in [0.15, 0.2) is 24.3 Å². The predicted molar refractivity (Wildman–Crippen MR) is 98.4 cm³/mol. The number of pyridine rings is 1. The number of aromatic hydroxyl groups is 1. The molecule has 0 aliphatic heterocycles. The van der Waals surface area contributed by atoms with E-state index in [-0.39, 0.29) is 28.0 Å². The lowest BCUT2D eigenvalue weighted by molar-refractivity contribution is -0.136. The second kappa shape index (κ2) is 6.97. The Hall–Kier alpha value is -1.82. The van der Waals surface area contributed by atoms with Crippen molar-refractivity contribution in [3.8, 4) is 5.75 Å². The Kier molecular flexibility index (Phi) is 5.14. The van der Waals surface area contributed by atoms with Crippen molar-refractivity contribution in [2.75, 3.05) is 0 Å². The highest BCUT2D eigenvalue weighted by atomic mass is 19.4. The van der Waals surface area contributed by atoms with Gasteiger partial charge in [-0.25, -0.2) is 0 Å². The Labute approximate surface area is 157 Å². The third kappa shape index (κ3) is 4.37. The number of aromatic nitrogens is 1. The van der Waals surface area contributed by atoms with Crippen LogP contribution in [0.25, 0.3) is 10.9 Å². The SMILES string of the molecule is CC(C)(C)[C@@H]1CC[C@H](O)CC1Cc1cc(C(F)(F)F)c2cc(O)ccc2n1. The lowest BCUT2D eigenvalue weighted by Gasteiger charge is -2.42. The molecule has 1 unspecified atom stereocenters. The summed E-state index contributed by atoms with van der Waals surface area (Å²) in [7, 11) is 0. The van der Waals surface area contributed by atoms with Gasteiger partial charge in [0.2, 0.25) is 0 Å². The number of hydrogen-bond donors (Lipinski definition) is 2. The van der Waals surface area contributed by atoms with Crippen LogP contribution in [0, 0.1) is 17.3 Å². The van der Waals surface area contributed by atoms with E-state index in [1.165, 1.54) is 12.1 Å². The fourth-order valence-corrected chi connectivity index (χ4v) is 4.48. The average molecular weight is 381 g/mol. The normalized spacial score (nSPS) is 24.3. The van der Waals surface area contributed by atoms with Crippen molar-refractivity contribution in [3.05, 3.63) is 35.5 Å². The summed E-state index contributed by atoms with van der Waals surface area (Å²) in [6.45, 7) is 6.42. The van der Waals surface area contributed by atoms with Gasteiger partial charge in [0.1, 0.15) is 5.75 Å². The highest BCUT2D eigenvalue weighted by Crippen LogP contribution is 2.44. The molecule has 6 heteroatoms. The number of phenols is 1. The van der Waals surface area contributed by atoms with Crippen LogP contribution < -0.4 is 0 Å². The van der Waals surface area contributed by atoms with Gasteiger partial charge in [0.15, 0.2) is 0 Å². The van der Waals surface area contributed by atoms with Crippen molar-refractivity contribution >= 4 is 10.9 Å². The number of aliphatic hydroxyl groups is 1. The predicted octanol–water partition coefficient (Wildman–Crippen LogP) is 5.33. The molecule has 3 rings (SSSR count). The lowest BCUT2D eigenvalue weighted by atomic mass is 9.64. The molecule has 0 spiro atoms. The zero-order chi connectivity index (χ0) is 20.0. The summed E-state index contributed by atoms with van der Waals surface area (Å²) in [6, 6.07) is 4.97. The van der Waals surface area contributed by atoms with Crippen molar-refractivity contribution in [1.29, 1.82) is 0 Å². The molecule has 1 heterocycles. The number of alkyl halides is 3. The molecular formula is C21H26F3NO2. The molecular weight excluding hydrogens is 355 g/mol. The Bertz CT molecular complexity index is 827. The molecule has 0 radical (unpaired) electrons. The van der Waals surface area contributed by atoms with E-state index >= 15 is 0 Å². The largest absolute Gasteiger partial charge is 0.508 e. The average Bonchev–Trinajstić information content (AvgIpc) is 2.52. The zero-order valence-corrected chi connectivity index (χ0v) is 15.8. The summed E-state index contributed by atoms with van der Waals surface area (Å²) in [5.41, 5.74) is -0.155. The molecule has 1 aromatic carbocycles. The van der Waals surface area contributed by atoms with Crippen molar-refractivity contribution in [2.24, 2.45) is 17.3 Å². The Balaban J connectivity index is 2.02. The molecule has 1 aromatic heterocycles. The topological polar surface area (TPSA) is 53.4 Å². The fourth-order valence-electron chi connectivity index (χ4n) is 4.48. The number of aliphatic hydroxyl groups excluding tert-OH is 1. The first-order valence-corrected chi connectivity index (χ1v) is 9.33. The van der Waals surface area contributed by atoms with Crippen LogP contribution in [0.4, 0.5) is 13.2 Å². The Morgan fingerprint density at radius 1 is 1.11 bits per heavy atom.